The highest BCUT2D eigenvalue weighted by molar-refractivity contribution is 6.30. The predicted molar refractivity (Wildman–Crippen MR) is 134 cm³/mol. The second-order valence-corrected chi connectivity index (χ2v) is 12.4. The van der Waals surface area contributed by atoms with Gasteiger partial charge in [0.25, 0.3) is 5.92 Å². The molecule has 39 heavy (non-hydrogen) atoms. The molecule has 0 N–H and O–H groups in total. The molecule has 1 saturated heterocycles. The quantitative estimate of drug-likeness (QED) is 0.353. The molecular formula is C27H26ClF5N6. The Morgan fingerprint density at radius 3 is 2.44 bits per heavy atom. The molecule has 12 heteroatoms. The van der Waals surface area contributed by atoms with E-state index in [-0.39, 0.29) is 24.2 Å². The Kier molecular flexibility index (Phi) is 5.25. The zero-order chi connectivity index (χ0) is 27.4. The summed E-state index contributed by atoms with van der Waals surface area (Å²) in [5.74, 6) is -0.622. The van der Waals surface area contributed by atoms with E-state index in [1.165, 1.54) is 6.07 Å². The van der Waals surface area contributed by atoms with Gasteiger partial charge in [0, 0.05) is 54.4 Å². The SMILES string of the molecule is CC1(N2Cc3cc(Cl)ccc3-n3c(nnc3C3CC4(C3)CN(c3cccc(C(F)(F)F)n3)C4)C2)CC(F)(F)C1. The summed E-state index contributed by atoms with van der Waals surface area (Å²) in [5, 5.41) is 9.66. The number of aromatic nitrogens is 4. The molecule has 2 aliphatic carbocycles. The minimum absolute atomic E-state index is 0.0115. The van der Waals surface area contributed by atoms with Gasteiger partial charge in [0.1, 0.15) is 17.3 Å². The number of hydrogen-bond acceptors (Lipinski definition) is 5. The molecule has 7 rings (SSSR count). The van der Waals surface area contributed by atoms with Crippen molar-refractivity contribution < 1.29 is 22.0 Å². The van der Waals surface area contributed by atoms with Gasteiger partial charge in [-0.05, 0) is 55.7 Å². The van der Waals surface area contributed by atoms with E-state index >= 15 is 0 Å². The van der Waals surface area contributed by atoms with Gasteiger partial charge in [-0.1, -0.05) is 17.7 Å². The van der Waals surface area contributed by atoms with E-state index in [1.807, 2.05) is 30.0 Å². The molecule has 3 aromatic rings. The van der Waals surface area contributed by atoms with Crippen molar-refractivity contribution in [3.63, 3.8) is 0 Å². The first-order valence-electron chi connectivity index (χ1n) is 13.0. The average molecular weight is 565 g/mol. The topological polar surface area (TPSA) is 50.1 Å². The van der Waals surface area contributed by atoms with Crippen LogP contribution in [0, 0.1) is 5.41 Å². The highest BCUT2D eigenvalue weighted by Gasteiger charge is 2.57. The van der Waals surface area contributed by atoms with E-state index in [4.69, 9.17) is 11.6 Å². The molecule has 1 spiro atoms. The van der Waals surface area contributed by atoms with Crippen LogP contribution in [0.1, 0.15) is 61.4 Å². The summed E-state index contributed by atoms with van der Waals surface area (Å²) in [6.45, 7) is 4.05. The van der Waals surface area contributed by atoms with Crippen LogP contribution >= 0.6 is 11.6 Å². The molecule has 1 aromatic carbocycles. The summed E-state index contributed by atoms with van der Waals surface area (Å²) in [5.41, 5.74) is 0.343. The fourth-order valence-corrected chi connectivity index (χ4v) is 7.26. The first-order chi connectivity index (χ1) is 18.3. The highest BCUT2D eigenvalue weighted by Crippen LogP contribution is 2.57. The number of pyridine rings is 1. The number of alkyl halides is 5. The molecule has 6 nitrogen and oxygen atoms in total. The third-order valence-electron chi connectivity index (χ3n) is 8.90. The van der Waals surface area contributed by atoms with Crippen molar-refractivity contribution in [3.8, 4) is 5.69 Å². The fraction of sp³-hybridized carbons (Fsp3) is 0.519. The standard InChI is InChI=1S/C27H26ClF5N6/c1-24(12-26(29,30)13-24)38-10-16-7-18(28)5-6-19(16)39-22(11-38)35-36-23(39)17-8-25(9-17)14-37(15-25)21-4-2-3-20(34-21)27(31,32)33/h2-7,17H,8-15H2,1H3. The van der Waals surface area contributed by atoms with Crippen molar-refractivity contribution in [2.75, 3.05) is 18.0 Å². The van der Waals surface area contributed by atoms with Crippen molar-refractivity contribution in [1.82, 2.24) is 24.6 Å². The third kappa shape index (κ3) is 4.11. The Bertz CT molecular complexity index is 1450. The van der Waals surface area contributed by atoms with Crippen LogP contribution in [-0.2, 0) is 19.3 Å². The zero-order valence-electron chi connectivity index (χ0n) is 21.1. The van der Waals surface area contributed by atoms with Gasteiger partial charge in [0.05, 0.1) is 12.2 Å². The van der Waals surface area contributed by atoms with Crippen molar-refractivity contribution in [3.05, 3.63) is 64.3 Å². The van der Waals surface area contributed by atoms with Gasteiger partial charge in [0.15, 0.2) is 5.82 Å². The van der Waals surface area contributed by atoms with Crippen LogP contribution in [0.15, 0.2) is 36.4 Å². The maximum atomic E-state index is 13.9. The molecule has 0 amide bonds. The number of fused-ring (bicyclic) bond motifs is 3. The van der Waals surface area contributed by atoms with Crippen LogP contribution in [0.5, 0.6) is 0 Å². The lowest BCUT2D eigenvalue weighted by molar-refractivity contribution is -0.173. The average Bonchev–Trinajstić information content (AvgIpc) is 3.10. The highest BCUT2D eigenvalue weighted by atomic mass is 35.5. The second kappa shape index (κ2) is 8.13. The Balaban J connectivity index is 1.12. The molecule has 2 aliphatic heterocycles. The lowest BCUT2D eigenvalue weighted by Crippen LogP contribution is -2.62. The number of benzene rings is 1. The zero-order valence-corrected chi connectivity index (χ0v) is 21.9. The molecular weight excluding hydrogens is 539 g/mol. The maximum Gasteiger partial charge on any atom is 0.433 e. The number of rotatable bonds is 3. The van der Waals surface area contributed by atoms with Crippen LogP contribution < -0.4 is 4.90 Å². The van der Waals surface area contributed by atoms with Gasteiger partial charge in [-0.3, -0.25) is 9.47 Å². The van der Waals surface area contributed by atoms with Crippen LogP contribution in [0.4, 0.5) is 27.8 Å². The predicted octanol–water partition coefficient (Wildman–Crippen LogP) is 6.22. The first kappa shape index (κ1) is 25.2. The van der Waals surface area contributed by atoms with Crippen LogP contribution in [0.25, 0.3) is 5.69 Å². The normalized spacial score (nSPS) is 23.3. The molecule has 0 radical (unpaired) electrons. The molecule has 2 saturated carbocycles. The fourth-order valence-electron chi connectivity index (χ4n) is 7.07. The van der Waals surface area contributed by atoms with E-state index < -0.39 is 23.3 Å². The minimum atomic E-state index is -4.47. The Morgan fingerprint density at radius 2 is 1.74 bits per heavy atom. The Labute approximate surface area is 226 Å². The summed E-state index contributed by atoms with van der Waals surface area (Å²) in [6, 6.07) is 9.63. The maximum absolute atomic E-state index is 13.9. The third-order valence-corrected chi connectivity index (χ3v) is 9.13. The van der Waals surface area contributed by atoms with E-state index in [1.54, 1.807) is 6.07 Å². The Hall–Kier alpha value is -2.79. The van der Waals surface area contributed by atoms with Gasteiger partial charge < -0.3 is 4.90 Å². The molecule has 4 heterocycles. The van der Waals surface area contributed by atoms with E-state index in [9.17, 15) is 22.0 Å². The second-order valence-electron chi connectivity index (χ2n) is 12.0. The van der Waals surface area contributed by atoms with Gasteiger partial charge in [-0.25, -0.2) is 13.8 Å². The number of anilines is 1. The van der Waals surface area contributed by atoms with Crippen LogP contribution in [0.2, 0.25) is 5.02 Å². The smallest absolute Gasteiger partial charge is 0.355 e. The molecule has 0 bridgehead atoms. The van der Waals surface area contributed by atoms with E-state index in [0.717, 1.165) is 36.0 Å². The molecule has 3 fully saturated rings. The van der Waals surface area contributed by atoms with Crippen molar-refractivity contribution in [1.29, 1.82) is 0 Å². The molecule has 4 aliphatic rings. The van der Waals surface area contributed by atoms with Crippen LogP contribution in [-0.4, -0.2) is 49.2 Å². The summed E-state index contributed by atoms with van der Waals surface area (Å²) in [6.07, 6.45) is -3.18. The van der Waals surface area contributed by atoms with Gasteiger partial charge in [-0.15, -0.1) is 10.2 Å². The molecule has 2 aromatic heterocycles. The van der Waals surface area contributed by atoms with E-state index in [2.05, 4.69) is 24.6 Å². The Morgan fingerprint density at radius 1 is 1.00 bits per heavy atom. The lowest BCUT2D eigenvalue weighted by Gasteiger charge is -2.59. The lowest BCUT2D eigenvalue weighted by atomic mass is 9.57. The molecule has 206 valence electrons. The number of hydrogen-bond donors (Lipinski definition) is 0. The van der Waals surface area contributed by atoms with Crippen molar-refractivity contribution >= 4 is 17.4 Å². The number of halogens is 6. The summed E-state index contributed by atoms with van der Waals surface area (Å²) in [4.78, 5) is 7.77. The number of nitrogens with zero attached hydrogens (tertiary/aromatic N) is 6. The van der Waals surface area contributed by atoms with Crippen molar-refractivity contribution in [2.45, 2.75) is 69.3 Å². The van der Waals surface area contributed by atoms with Crippen LogP contribution in [0.3, 0.4) is 0 Å². The van der Waals surface area contributed by atoms with Gasteiger partial charge in [0.2, 0.25) is 0 Å². The molecule has 0 unspecified atom stereocenters. The summed E-state index contributed by atoms with van der Waals surface area (Å²) in [7, 11) is 0. The van der Waals surface area contributed by atoms with E-state index in [0.29, 0.717) is 42.8 Å². The molecule has 0 atom stereocenters. The largest absolute Gasteiger partial charge is 0.433 e. The monoisotopic (exact) mass is 564 g/mol. The van der Waals surface area contributed by atoms with Crippen molar-refractivity contribution in [2.24, 2.45) is 5.41 Å². The van der Waals surface area contributed by atoms with Gasteiger partial charge >= 0.3 is 6.18 Å². The summed E-state index contributed by atoms with van der Waals surface area (Å²) >= 11 is 6.34. The first-order valence-corrected chi connectivity index (χ1v) is 13.4. The summed E-state index contributed by atoms with van der Waals surface area (Å²) < 4.78 is 69.1. The minimum Gasteiger partial charge on any atom is -0.355 e. The van der Waals surface area contributed by atoms with Gasteiger partial charge in [-0.2, -0.15) is 13.2 Å².